The lowest BCUT2D eigenvalue weighted by Gasteiger charge is -2.28. The Morgan fingerprint density at radius 3 is 2.22 bits per heavy atom. The number of rotatable bonds is 7. The van der Waals surface area contributed by atoms with Crippen molar-refractivity contribution < 1.29 is 8.42 Å². The van der Waals surface area contributed by atoms with Gasteiger partial charge in [-0.2, -0.15) is 12.7 Å². The summed E-state index contributed by atoms with van der Waals surface area (Å²) >= 11 is 0. The Hall–Kier alpha value is -0.170. The number of hydrogen-bond acceptors (Lipinski definition) is 3. The van der Waals surface area contributed by atoms with Crippen LogP contribution >= 0.6 is 0 Å². The fourth-order valence-electron chi connectivity index (χ4n) is 2.46. The Balaban J connectivity index is 2.45. The van der Waals surface area contributed by atoms with Crippen LogP contribution in [-0.2, 0) is 10.2 Å². The highest BCUT2D eigenvalue weighted by atomic mass is 32.2. The Bertz CT molecular complexity index is 322. The number of nitrogens with two attached hydrogens (primary N) is 1. The van der Waals surface area contributed by atoms with Gasteiger partial charge in [-0.1, -0.05) is 33.1 Å². The molecular formula is C12H27N3O2S. The van der Waals surface area contributed by atoms with Gasteiger partial charge in [0.2, 0.25) is 0 Å². The summed E-state index contributed by atoms with van der Waals surface area (Å²) in [4.78, 5) is 0. The van der Waals surface area contributed by atoms with Gasteiger partial charge in [0.05, 0.1) is 0 Å². The second-order valence-corrected chi connectivity index (χ2v) is 6.81. The standard InChI is InChI=1S/C12H27N3O2S/c1-3-11(4-2)12(13)10-14-18(16,17)15-8-6-5-7-9-15/h11-12,14H,3-10,13H2,1-2H3. The van der Waals surface area contributed by atoms with Gasteiger partial charge in [0, 0.05) is 25.7 Å². The van der Waals surface area contributed by atoms with Crippen molar-refractivity contribution in [3.8, 4) is 0 Å². The molecule has 0 aromatic carbocycles. The SMILES string of the molecule is CCC(CC)C(N)CNS(=O)(=O)N1CCCCC1. The van der Waals surface area contributed by atoms with E-state index in [1.807, 2.05) is 0 Å². The molecule has 0 radical (unpaired) electrons. The highest BCUT2D eigenvalue weighted by Gasteiger charge is 2.25. The zero-order chi connectivity index (χ0) is 13.6. The molecule has 0 aliphatic carbocycles. The molecule has 0 saturated carbocycles. The molecule has 0 aromatic heterocycles. The monoisotopic (exact) mass is 277 g/mol. The number of nitrogens with zero attached hydrogens (tertiary/aromatic N) is 1. The van der Waals surface area contributed by atoms with Crippen LogP contribution < -0.4 is 10.5 Å². The minimum absolute atomic E-state index is 0.0976. The first kappa shape index (κ1) is 15.9. The molecule has 6 heteroatoms. The molecule has 1 saturated heterocycles. The molecule has 0 bridgehead atoms. The third-order valence-electron chi connectivity index (χ3n) is 3.81. The van der Waals surface area contributed by atoms with Crippen molar-refractivity contribution in [3.63, 3.8) is 0 Å². The molecule has 0 amide bonds. The van der Waals surface area contributed by atoms with E-state index in [0.29, 0.717) is 25.6 Å². The average molecular weight is 277 g/mol. The maximum absolute atomic E-state index is 12.0. The molecular weight excluding hydrogens is 250 g/mol. The van der Waals surface area contributed by atoms with Crippen molar-refractivity contribution in [2.45, 2.75) is 52.0 Å². The molecule has 1 aliphatic rings. The molecule has 0 spiro atoms. The van der Waals surface area contributed by atoms with E-state index in [1.54, 1.807) is 0 Å². The summed E-state index contributed by atoms with van der Waals surface area (Å²) < 4.78 is 28.3. The molecule has 5 nitrogen and oxygen atoms in total. The normalized spacial score (nSPS) is 20.2. The zero-order valence-corrected chi connectivity index (χ0v) is 12.4. The molecule has 1 unspecified atom stereocenters. The van der Waals surface area contributed by atoms with Crippen LogP contribution in [0.15, 0.2) is 0 Å². The van der Waals surface area contributed by atoms with Crippen LogP contribution in [0.25, 0.3) is 0 Å². The lowest BCUT2D eigenvalue weighted by atomic mass is 9.95. The number of hydrogen-bond donors (Lipinski definition) is 2. The molecule has 108 valence electrons. The van der Waals surface area contributed by atoms with E-state index in [4.69, 9.17) is 5.73 Å². The van der Waals surface area contributed by atoms with Gasteiger partial charge in [0.1, 0.15) is 0 Å². The Kier molecular flexibility index (Phi) is 6.55. The smallest absolute Gasteiger partial charge is 0.279 e. The zero-order valence-electron chi connectivity index (χ0n) is 11.6. The summed E-state index contributed by atoms with van der Waals surface area (Å²) in [6.07, 6.45) is 5.02. The van der Waals surface area contributed by atoms with Gasteiger partial charge < -0.3 is 5.73 Å². The van der Waals surface area contributed by atoms with Gasteiger partial charge in [-0.15, -0.1) is 0 Å². The predicted molar refractivity (Wildman–Crippen MR) is 74.4 cm³/mol. The molecule has 3 N–H and O–H groups in total. The van der Waals surface area contributed by atoms with E-state index >= 15 is 0 Å². The molecule has 1 heterocycles. The van der Waals surface area contributed by atoms with Crippen molar-refractivity contribution in [1.29, 1.82) is 0 Å². The van der Waals surface area contributed by atoms with Crippen LogP contribution in [0, 0.1) is 5.92 Å². The van der Waals surface area contributed by atoms with Crippen molar-refractivity contribution in [3.05, 3.63) is 0 Å². The van der Waals surface area contributed by atoms with Crippen LogP contribution in [0.1, 0.15) is 46.0 Å². The fraction of sp³-hybridized carbons (Fsp3) is 1.00. The highest BCUT2D eigenvalue weighted by molar-refractivity contribution is 7.87. The molecule has 18 heavy (non-hydrogen) atoms. The van der Waals surface area contributed by atoms with Crippen LogP contribution in [0.5, 0.6) is 0 Å². The topological polar surface area (TPSA) is 75.4 Å². The van der Waals surface area contributed by atoms with E-state index in [2.05, 4.69) is 18.6 Å². The summed E-state index contributed by atoms with van der Waals surface area (Å²) in [6, 6.07) is -0.0976. The summed E-state index contributed by atoms with van der Waals surface area (Å²) in [7, 11) is -3.33. The summed E-state index contributed by atoms with van der Waals surface area (Å²) in [5.41, 5.74) is 6.03. The first-order valence-corrected chi connectivity index (χ1v) is 8.45. The van der Waals surface area contributed by atoms with Crippen molar-refractivity contribution in [2.24, 2.45) is 11.7 Å². The second-order valence-electron chi connectivity index (χ2n) is 5.05. The minimum Gasteiger partial charge on any atom is -0.326 e. The average Bonchev–Trinajstić information content (AvgIpc) is 2.39. The molecule has 1 aliphatic heterocycles. The predicted octanol–water partition coefficient (Wildman–Crippen LogP) is 1.07. The van der Waals surface area contributed by atoms with Gasteiger partial charge in [-0.25, -0.2) is 4.72 Å². The van der Waals surface area contributed by atoms with E-state index in [0.717, 1.165) is 32.1 Å². The van der Waals surface area contributed by atoms with Crippen molar-refractivity contribution in [2.75, 3.05) is 19.6 Å². The first-order chi connectivity index (χ1) is 8.51. The van der Waals surface area contributed by atoms with Crippen molar-refractivity contribution >= 4 is 10.2 Å². The van der Waals surface area contributed by atoms with Crippen LogP contribution in [0.2, 0.25) is 0 Å². The Morgan fingerprint density at radius 2 is 1.72 bits per heavy atom. The van der Waals surface area contributed by atoms with E-state index < -0.39 is 10.2 Å². The van der Waals surface area contributed by atoms with Gasteiger partial charge in [-0.05, 0) is 18.8 Å². The molecule has 0 aromatic rings. The summed E-state index contributed by atoms with van der Waals surface area (Å²) in [5.74, 6) is 0.383. The van der Waals surface area contributed by atoms with Gasteiger partial charge in [0.15, 0.2) is 0 Å². The summed E-state index contributed by atoms with van der Waals surface area (Å²) in [6.45, 7) is 5.79. The van der Waals surface area contributed by atoms with Crippen LogP contribution in [-0.4, -0.2) is 38.4 Å². The van der Waals surface area contributed by atoms with E-state index in [-0.39, 0.29) is 6.04 Å². The highest BCUT2D eigenvalue weighted by Crippen LogP contribution is 2.13. The molecule has 1 rings (SSSR count). The molecule has 1 atom stereocenters. The first-order valence-electron chi connectivity index (χ1n) is 7.01. The van der Waals surface area contributed by atoms with Crippen LogP contribution in [0.4, 0.5) is 0 Å². The summed E-state index contributed by atoms with van der Waals surface area (Å²) in [5, 5.41) is 0. The third kappa shape index (κ3) is 4.50. The quantitative estimate of drug-likeness (QED) is 0.731. The van der Waals surface area contributed by atoms with Gasteiger partial charge in [0.25, 0.3) is 10.2 Å². The fourth-order valence-corrected chi connectivity index (χ4v) is 3.78. The Morgan fingerprint density at radius 1 is 1.17 bits per heavy atom. The van der Waals surface area contributed by atoms with Crippen LogP contribution in [0.3, 0.4) is 0 Å². The minimum atomic E-state index is -3.33. The maximum atomic E-state index is 12.0. The second kappa shape index (κ2) is 7.43. The van der Waals surface area contributed by atoms with E-state index in [9.17, 15) is 8.42 Å². The lowest BCUT2D eigenvalue weighted by molar-refractivity contribution is 0.336. The van der Waals surface area contributed by atoms with E-state index in [1.165, 1.54) is 4.31 Å². The van der Waals surface area contributed by atoms with Gasteiger partial charge in [-0.3, -0.25) is 0 Å². The number of nitrogens with one attached hydrogen (secondary N) is 1. The third-order valence-corrected chi connectivity index (χ3v) is 5.39. The maximum Gasteiger partial charge on any atom is 0.279 e. The Labute approximate surface area is 111 Å². The molecule has 1 fully saturated rings. The lowest BCUT2D eigenvalue weighted by Crippen LogP contribution is -2.48. The number of piperidine rings is 1. The van der Waals surface area contributed by atoms with Crippen molar-refractivity contribution in [1.82, 2.24) is 9.03 Å². The largest absolute Gasteiger partial charge is 0.326 e. The van der Waals surface area contributed by atoms with Gasteiger partial charge >= 0.3 is 0 Å².